The van der Waals surface area contributed by atoms with Gasteiger partial charge in [-0.05, 0) is 45.1 Å². The third kappa shape index (κ3) is 3.75. The molecule has 1 N–H and O–H groups in total. The summed E-state index contributed by atoms with van der Waals surface area (Å²) in [6, 6.07) is 1.62. The van der Waals surface area contributed by atoms with Gasteiger partial charge in [0.15, 0.2) is 0 Å². The first-order valence-corrected chi connectivity index (χ1v) is 8.68. The number of rotatable bonds is 6. The molecule has 3 nitrogen and oxygen atoms in total. The van der Waals surface area contributed by atoms with E-state index >= 15 is 0 Å². The minimum atomic E-state index is 0.373. The van der Waals surface area contributed by atoms with Crippen LogP contribution < -0.4 is 5.32 Å². The van der Waals surface area contributed by atoms with Gasteiger partial charge in [0, 0.05) is 37.2 Å². The first kappa shape index (κ1) is 14.8. The second-order valence-corrected chi connectivity index (χ2v) is 7.80. The molecule has 2 saturated carbocycles. The maximum Gasteiger partial charge on any atom is 0.0547 e. The molecule has 116 valence electrons. The Hall–Kier alpha value is -0.120. The lowest BCUT2D eigenvalue weighted by Gasteiger charge is -2.39. The summed E-state index contributed by atoms with van der Waals surface area (Å²) in [6.07, 6.45) is 9.64. The molecule has 3 unspecified atom stereocenters. The van der Waals surface area contributed by atoms with E-state index in [9.17, 15) is 0 Å². The van der Waals surface area contributed by atoms with E-state index < -0.39 is 0 Å². The zero-order valence-corrected chi connectivity index (χ0v) is 13.4. The lowest BCUT2D eigenvalue weighted by Crippen LogP contribution is -2.48. The number of nitrogens with one attached hydrogen (secondary N) is 1. The monoisotopic (exact) mass is 280 g/mol. The quantitative estimate of drug-likeness (QED) is 0.809. The summed E-state index contributed by atoms with van der Waals surface area (Å²) in [5.74, 6) is 0.913. The fraction of sp³-hybridized carbons (Fsp3) is 1.00. The van der Waals surface area contributed by atoms with Crippen molar-refractivity contribution in [3.8, 4) is 0 Å². The summed E-state index contributed by atoms with van der Waals surface area (Å²) in [4.78, 5) is 2.65. The fourth-order valence-corrected chi connectivity index (χ4v) is 4.08. The molecule has 3 atom stereocenters. The molecular formula is C17H32N2O. The number of ether oxygens (including phenoxy) is 1. The van der Waals surface area contributed by atoms with E-state index in [4.69, 9.17) is 4.74 Å². The standard InChI is InChI=1S/C17H32N2O/c1-14-4-3-5-16(10-14)19(2)12-17(8-9-20-13-17)11-18-15-6-7-15/h14-16,18H,3-13H2,1-2H3. The Morgan fingerprint density at radius 2 is 2.10 bits per heavy atom. The normalized spacial score (nSPS) is 38.5. The summed E-state index contributed by atoms with van der Waals surface area (Å²) < 4.78 is 5.76. The summed E-state index contributed by atoms with van der Waals surface area (Å²) in [7, 11) is 2.35. The number of nitrogens with zero attached hydrogens (tertiary/aromatic N) is 1. The van der Waals surface area contributed by atoms with Gasteiger partial charge >= 0.3 is 0 Å². The van der Waals surface area contributed by atoms with Gasteiger partial charge in [-0.2, -0.15) is 0 Å². The molecule has 0 radical (unpaired) electrons. The average Bonchev–Trinajstić information content (AvgIpc) is 3.16. The third-order valence-electron chi connectivity index (χ3n) is 5.64. The van der Waals surface area contributed by atoms with Crippen LogP contribution in [0.4, 0.5) is 0 Å². The first-order chi connectivity index (χ1) is 9.67. The maximum absolute atomic E-state index is 5.76. The highest BCUT2D eigenvalue weighted by Gasteiger charge is 2.38. The van der Waals surface area contributed by atoms with Gasteiger partial charge in [0.25, 0.3) is 0 Å². The minimum absolute atomic E-state index is 0.373. The van der Waals surface area contributed by atoms with Crippen molar-refractivity contribution in [1.82, 2.24) is 10.2 Å². The van der Waals surface area contributed by atoms with Crippen LogP contribution in [0.25, 0.3) is 0 Å². The molecular weight excluding hydrogens is 248 g/mol. The number of hydrogen-bond acceptors (Lipinski definition) is 3. The molecule has 1 saturated heterocycles. The van der Waals surface area contributed by atoms with Crippen LogP contribution in [-0.2, 0) is 4.74 Å². The van der Waals surface area contributed by atoms with Crippen molar-refractivity contribution in [2.45, 2.75) is 64.0 Å². The van der Waals surface area contributed by atoms with Gasteiger partial charge in [0.1, 0.15) is 0 Å². The van der Waals surface area contributed by atoms with Crippen LogP contribution in [-0.4, -0.2) is 50.3 Å². The summed E-state index contributed by atoms with van der Waals surface area (Å²) in [5, 5.41) is 3.75. The fourth-order valence-electron chi connectivity index (χ4n) is 4.08. The van der Waals surface area contributed by atoms with E-state index in [1.165, 1.54) is 51.5 Å². The zero-order chi connectivity index (χ0) is 14.0. The van der Waals surface area contributed by atoms with E-state index in [2.05, 4.69) is 24.2 Å². The highest BCUT2D eigenvalue weighted by Crippen LogP contribution is 2.33. The first-order valence-electron chi connectivity index (χ1n) is 8.68. The van der Waals surface area contributed by atoms with Gasteiger partial charge in [-0.25, -0.2) is 0 Å². The van der Waals surface area contributed by atoms with Crippen molar-refractivity contribution in [1.29, 1.82) is 0 Å². The summed E-state index contributed by atoms with van der Waals surface area (Å²) in [6.45, 7) is 6.71. The number of hydrogen-bond donors (Lipinski definition) is 1. The topological polar surface area (TPSA) is 24.5 Å². The second kappa shape index (κ2) is 6.33. The smallest absolute Gasteiger partial charge is 0.0547 e. The Balaban J connectivity index is 1.54. The maximum atomic E-state index is 5.76. The van der Waals surface area contributed by atoms with Crippen LogP contribution in [0.1, 0.15) is 51.9 Å². The highest BCUT2D eigenvalue weighted by atomic mass is 16.5. The predicted molar refractivity (Wildman–Crippen MR) is 82.9 cm³/mol. The van der Waals surface area contributed by atoms with Crippen LogP contribution in [0.5, 0.6) is 0 Å². The molecule has 3 rings (SSSR count). The SMILES string of the molecule is CC1CCCC(N(C)CC2(CNC3CC3)CCOC2)C1. The zero-order valence-electron chi connectivity index (χ0n) is 13.4. The molecule has 0 amide bonds. The van der Waals surface area contributed by atoms with Crippen LogP contribution in [0.2, 0.25) is 0 Å². The lowest BCUT2D eigenvalue weighted by molar-refractivity contribution is 0.0811. The molecule has 3 aliphatic rings. The molecule has 0 spiro atoms. The van der Waals surface area contributed by atoms with Gasteiger partial charge in [0.05, 0.1) is 6.61 Å². The van der Waals surface area contributed by atoms with Crippen LogP contribution in [0.15, 0.2) is 0 Å². The molecule has 1 heterocycles. The van der Waals surface area contributed by atoms with Crippen LogP contribution in [0.3, 0.4) is 0 Å². The van der Waals surface area contributed by atoms with E-state index in [0.717, 1.165) is 37.8 Å². The Morgan fingerprint density at radius 3 is 2.75 bits per heavy atom. The Morgan fingerprint density at radius 1 is 1.25 bits per heavy atom. The van der Waals surface area contributed by atoms with Crippen molar-refractivity contribution in [3.05, 3.63) is 0 Å². The van der Waals surface area contributed by atoms with E-state index in [1.54, 1.807) is 0 Å². The van der Waals surface area contributed by atoms with Gasteiger partial charge in [0.2, 0.25) is 0 Å². The minimum Gasteiger partial charge on any atom is -0.381 e. The second-order valence-electron chi connectivity index (χ2n) is 7.80. The lowest BCUT2D eigenvalue weighted by atomic mass is 9.83. The molecule has 0 aromatic heterocycles. The Bertz CT molecular complexity index is 310. The molecule has 20 heavy (non-hydrogen) atoms. The molecule has 2 aliphatic carbocycles. The predicted octanol–water partition coefficient (Wildman–Crippen LogP) is 2.66. The van der Waals surface area contributed by atoms with Gasteiger partial charge in [-0.15, -0.1) is 0 Å². The van der Waals surface area contributed by atoms with Crippen molar-refractivity contribution in [2.75, 3.05) is 33.4 Å². The van der Waals surface area contributed by atoms with E-state index in [1.807, 2.05) is 0 Å². The van der Waals surface area contributed by atoms with Crippen molar-refractivity contribution < 1.29 is 4.74 Å². The van der Waals surface area contributed by atoms with Gasteiger partial charge in [-0.3, -0.25) is 0 Å². The van der Waals surface area contributed by atoms with Crippen molar-refractivity contribution >= 4 is 0 Å². The summed E-state index contributed by atoms with van der Waals surface area (Å²) >= 11 is 0. The molecule has 3 fully saturated rings. The molecule has 3 heteroatoms. The van der Waals surface area contributed by atoms with E-state index in [-0.39, 0.29) is 0 Å². The van der Waals surface area contributed by atoms with Crippen molar-refractivity contribution in [2.24, 2.45) is 11.3 Å². The van der Waals surface area contributed by atoms with Gasteiger partial charge in [-0.1, -0.05) is 19.8 Å². The third-order valence-corrected chi connectivity index (χ3v) is 5.64. The van der Waals surface area contributed by atoms with Crippen molar-refractivity contribution in [3.63, 3.8) is 0 Å². The van der Waals surface area contributed by atoms with Crippen LogP contribution >= 0.6 is 0 Å². The van der Waals surface area contributed by atoms with Crippen LogP contribution in [0, 0.1) is 11.3 Å². The molecule has 1 aliphatic heterocycles. The average molecular weight is 280 g/mol. The highest BCUT2D eigenvalue weighted by molar-refractivity contribution is 4.93. The summed E-state index contributed by atoms with van der Waals surface area (Å²) in [5.41, 5.74) is 0.373. The largest absolute Gasteiger partial charge is 0.381 e. The molecule has 0 bridgehead atoms. The molecule has 0 aromatic rings. The Labute approximate surface area is 124 Å². The Kier molecular flexibility index (Phi) is 4.68. The molecule has 0 aromatic carbocycles. The van der Waals surface area contributed by atoms with E-state index in [0.29, 0.717) is 5.41 Å². The van der Waals surface area contributed by atoms with Gasteiger partial charge < -0.3 is 15.0 Å².